The average Bonchev–Trinajstić information content (AvgIpc) is 2.62. The van der Waals surface area contributed by atoms with Crippen molar-refractivity contribution in [1.29, 1.82) is 0 Å². The van der Waals surface area contributed by atoms with Gasteiger partial charge in [0, 0.05) is 32.7 Å². The van der Waals surface area contributed by atoms with E-state index < -0.39 is 29.9 Å². The summed E-state index contributed by atoms with van der Waals surface area (Å²) in [7, 11) is 0. The van der Waals surface area contributed by atoms with Crippen LogP contribution in [0, 0.1) is 6.57 Å². The van der Waals surface area contributed by atoms with Crippen LogP contribution in [0.4, 0.5) is 0 Å². The zero-order valence-electron chi connectivity index (χ0n) is 10.3. The van der Waals surface area contributed by atoms with Crippen LogP contribution in [0.5, 0.6) is 0 Å². The second-order valence-electron chi connectivity index (χ2n) is 4.77. The molecule has 2 aliphatic rings. The summed E-state index contributed by atoms with van der Waals surface area (Å²) in [4.78, 5) is 3.33. The number of aliphatic hydroxyl groups excluding tert-OH is 1. The largest absolute Gasteiger partial charge is 0.387 e. The minimum atomic E-state index is -0.840. The topological polar surface area (TPSA) is 52.3 Å². The zero-order chi connectivity index (χ0) is 12.0. The third kappa shape index (κ3) is 2.58. The van der Waals surface area contributed by atoms with Gasteiger partial charge in [0.25, 0.3) is 0 Å². The molecule has 1 N–H and O–H groups in total. The third-order valence-corrected chi connectivity index (χ3v) is 3.23. The Morgan fingerprint density at radius 3 is 2.41 bits per heavy atom. The normalized spacial score (nSPS) is 42.6. The molecule has 0 spiro atoms. The van der Waals surface area contributed by atoms with Gasteiger partial charge in [0.05, 0.1) is 0 Å². The zero-order valence-corrected chi connectivity index (χ0v) is 13.2. The van der Waals surface area contributed by atoms with Crippen molar-refractivity contribution < 1.29 is 52.0 Å². The molecule has 1 radical (unpaired) electrons. The van der Waals surface area contributed by atoms with Crippen LogP contribution in [0.3, 0.4) is 0 Å². The predicted octanol–water partition coefficient (Wildman–Crippen LogP) is 0.921. The van der Waals surface area contributed by atoms with Crippen LogP contribution in [-0.2, 0) is 46.9 Å². The summed E-state index contributed by atoms with van der Waals surface area (Å²) in [6.45, 7) is 12.5. The molecule has 0 aromatic rings. The Hall–Kier alpha value is 0.434. The fourth-order valence-electron chi connectivity index (χ4n) is 2.33. The molecule has 6 heteroatoms. The summed E-state index contributed by atoms with van der Waals surface area (Å²) < 4.78 is 16.8. The minimum Gasteiger partial charge on any atom is -0.387 e. The molecule has 0 saturated carbocycles. The molecule has 5 nitrogen and oxygen atoms in total. The van der Waals surface area contributed by atoms with Crippen molar-refractivity contribution >= 4 is 0 Å². The maximum Gasteiger partial charge on any atom is 0.246 e. The fourth-order valence-corrected chi connectivity index (χ4v) is 2.33. The second kappa shape index (κ2) is 5.20. The number of aliphatic hydroxyl groups is 1. The minimum absolute atomic E-state index is 0. The van der Waals surface area contributed by atoms with Gasteiger partial charge in [-0.3, -0.25) is 0 Å². The first kappa shape index (κ1) is 15.5. The number of hydrogen-bond donors (Lipinski definition) is 1. The van der Waals surface area contributed by atoms with E-state index in [1.165, 1.54) is 0 Å². The van der Waals surface area contributed by atoms with E-state index in [0.717, 1.165) is 0 Å². The first-order chi connectivity index (χ1) is 7.44. The molecule has 1 unspecified atom stereocenters. The smallest absolute Gasteiger partial charge is 0.246 e. The molecule has 2 saturated heterocycles. The monoisotopic (exact) mass is 316 g/mol. The van der Waals surface area contributed by atoms with Gasteiger partial charge in [0.15, 0.2) is 17.7 Å². The number of ether oxygens (including phenoxy) is 3. The van der Waals surface area contributed by atoms with Crippen molar-refractivity contribution in [2.24, 2.45) is 0 Å². The molecule has 4 atom stereocenters. The van der Waals surface area contributed by atoms with E-state index in [9.17, 15) is 5.11 Å². The fraction of sp³-hybridized carbons (Fsp3) is 0.909. The summed E-state index contributed by atoms with van der Waals surface area (Å²) in [5.74, 6) is -0.728. The van der Waals surface area contributed by atoms with Crippen molar-refractivity contribution in [2.45, 2.75) is 57.1 Å². The van der Waals surface area contributed by atoms with Crippen molar-refractivity contribution in [3.8, 4) is 0 Å². The maximum absolute atomic E-state index is 10.2. The van der Waals surface area contributed by atoms with Gasteiger partial charge in [-0.1, -0.05) is 6.92 Å². The Balaban J connectivity index is 0.00000144. The van der Waals surface area contributed by atoms with Crippen LogP contribution in [0.15, 0.2) is 0 Å². The van der Waals surface area contributed by atoms with Crippen LogP contribution in [0.2, 0.25) is 0 Å². The molecule has 0 aromatic carbocycles. The summed E-state index contributed by atoms with van der Waals surface area (Å²) >= 11 is 0. The average molecular weight is 316 g/mol. The summed E-state index contributed by atoms with van der Waals surface area (Å²) in [5.41, 5.74) is -0.840. The Bertz CT molecular complexity index is 330. The van der Waals surface area contributed by atoms with Crippen molar-refractivity contribution in [1.82, 2.24) is 0 Å². The van der Waals surface area contributed by atoms with E-state index in [2.05, 4.69) is 4.85 Å². The van der Waals surface area contributed by atoms with Crippen molar-refractivity contribution in [3.63, 3.8) is 0 Å². The van der Waals surface area contributed by atoms with E-state index in [0.29, 0.717) is 6.42 Å². The summed E-state index contributed by atoms with van der Waals surface area (Å²) in [6.07, 6.45) is -1.29. The van der Waals surface area contributed by atoms with Gasteiger partial charge >= 0.3 is 0 Å². The van der Waals surface area contributed by atoms with Gasteiger partial charge in [0.2, 0.25) is 6.54 Å². The molecule has 2 heterocycles. The van der Waals surface area contributed by atoms with E-state index in [-0.39, 0.29) is 39.3 Å². The maximum atomic E-state index is 10.2. The van der Waals surface area contributed by atoms with Gasteiger partial charge in [-0.05, 0) is 20.3 Å². The Kier molecular flexibility index (Phi) is 4.74. The van der Waals surface area contributed by atoms with Gasteiger partial charge in [-0.15, -0.1) is 0 Å². The van der Waals surface area contributed by atoms with Crippen LogP contribution < -0.4 is 0 Å². The summed E-state index contributed by atoms with van der Waals surface area (Å²) in [5, 5.41) is 10.2. The van der Waals surface area contributed by atoms with Crippen LogP contribution >= 0.6 is 0 Å². The molecule has 93 valence electrons. The van der Waals surface area contributed by atoms with E-state index in [4.69, 9.17) is 20.8 Å². The van der Waals surface area contributed by atoms with Gasteiger partial charge < -0.3 is 24.2 Å². The predicted molar refractivity (Wildman–Crippen MR) is 55.4 cm³/mol. The molecule has 0 amide bonds. The third-order valence-electron chi connectivity index (χ3n) is 3.23. The first-order valence-electron chi connectivity index (χ1n) is 5.49. The number of rotatable bonds is 2. The van der Waals surface area contributed by atoms with Gasteiger partial charge in [-0.2, -0.15) is 0 Å². The van der Waals surface area contributed by atoms with Crippen molar-refractivity contribution in [2.75, 3.05) is 6.54 Å². The molecule has 0 aliphatic carbocycles. The molecule has 2 fully saturated rings. The molecular formula is C11H17NO4Y. The molecule has 0 aromatic heterocycles. The van der Waals surface area contributed by atoms with Crippen LogP contribution in [-0.4, -0.2) is 41.5 Å². The Morgan fingerprint density at radius 1 is 1.29 bits per heavy atom. The molecule has 0 bridgehead atoms. The quantitative estimate of drug-likeness (QED) is 0.770. The molecule has 17 heavy (non-hydrogen) atoms. The SMILES string of the molecule is [C-]#[N+]C[C@]1(CC)O[C@H]2OC(C)(C)O[C@H]2C1O.[Y]. The van der Waals surface area contributed by atoms with Gasteiger partial charge in [-0.25, -0.2) is 6.57 Å². The van der Waals surface area contributed by atoms with E-state index in [1.54, 1.807) is 13.8 Å². The Labute approximate surface area is 126 Å². The van der Waals surface area contributed by atoms with Crippen LogP contribution in [0.25, 0.3) is 4.85 Å². The molecule has 2 aliphatic heterocycles. The molecule has 2 rings (SSSR count). The van der Waals surface area contributed by atoms with Crippen LogP contribution in [0.1, 0.15) is 27.2 Å². The number of hydrogen-bond acceptors (Lipinski definition) is 4. The standard InChI is InChI=1S/C11H17NO4.Y/c1-5-11(6-12-4)8(13)7-9(16-11)15-10(2,3)14-7;/h7-9,13H,5-6H2,1-3H3;/t7-,8?,9+,11-;/m0./s1. The van der Waals surface area contributed by atoms with Gasteiger partial charge in [0.1, 0.15) is 12.2 Å². The number of fused-ring (bicyclic) bond motifs is 1. The molecular weight excluding hydrogens is 299 g/mol. The van der Waals surface area contributed by atoms with E-state index in [1.807, 2.05) is 6.92 Å². The first-order valence-corrected chi connectivity index (χ1v) is 5.49. The van der Waals surface area contributed by atoms with E-state index >= 15 is 0 Å². The Morgan fingerprint density at radius 2 is 1.94 bits per heavy atom. The second-order valence-corrected chi connectivity index (χ2v) is 4.77. The number of nitrogens with zero attached hydrogens (tertiary/aromatic N) is 1. The summed E-state index contributed by atoms with van der Waals surface area (Å²) in [6, 6.07) is 0. The van der Waals surface area contributed by atoms with Crippen molar-refractivity contribution in [3.05, 3.63) is 11.4 Å².